The zero-order valence-electron chi connectivity index (χ0n) is 9.94. The molecule has 1 aromatic carbocycles. The summed E-state index contributed by atoms with van der Waals surface area (Å²) in [6.07, 6.45) is 0. The summed E-state index contributed by atoms with van der Waals surface area (Å²) in [5, 5.41) is 4.89. The Hall–Kier alpha value is -1.30. The summed E-state index contributed by atoms with van der Waals surface area (Å²) in [6, 6.07) is 5.32. The summed E-state index contributed by atoms with van der Waals surface area (Å²) in [4.78, 5) is 15.7. The van der Waals surface area contributed by atoms with Crippen molar-refractivity contribution in [3.63, 3.8) is 0 Å². The van der Waals surface area contributed by atoms with Gasteiger partial charge in [0.25, 0.3) is 5.91 Å². The van der Waals surface area contributed by atoms with Crippen molar-refractivity contribution in [2.75, 3.05) is 7.11 Å². The van der Waals surface area contributed by atoms with Gasteiger partial charge in [0.15, 0.2) is 4.47 Å². The molecule has 4 nitrogen and oxygen atoms in total. The third-order valence-electron chi connectivity index (χ3n) is 2.38. The van der Waals surface area contributed by atoms with Crippen LogP contribution in [0.15, 0.2) is 23.6 Å². The van der Waals surface area contributed by atoms with E-state index in [0.29, 0.717) is 27.5 Å². The zero-order chi connectivity index (χ0) is 13.8. The predicted molar refractivity (Wildman–Crippen MR) is 76.3 cm³/mol. The Morgan fingerprint density at radius 2 is 2.26 bits per heavy atom. The first-order chi connectivity index (χ1) is 9.10. The van der Waals surface area contributed by atoms with E-state index in [4.69, 9.17) is 27.9 Å². The van der Waals surface area contributed by atoms with Crippen LogP contribution < -0.4 is 10.1 Å². The minimum absolute atomic E-state index is 0.267. The molecule has 0 spiro atoms. The van der Waals surface area contributed by atoms with Gasteiger partial charge in [-0.3, -0.25) is 4.79 Å². The van der Waals surface area contributed by atoms with Gasteiger partial charge in [0.2, 0.25) is 0 Å². The van der Waals surface area contributed by atoms with Crippen LogP contribution >= 0.6 is 34.5 Å². The molecule has 0 aliphatic heterocycles. The molecule has 0 bridgehead atoms. The molecule has 7 heteroatoms. The first-order valence-electron chi connectivity index (χ1n) is 5.32. The summed E-state index contributed by atoms with van der Waals surface area (Å²) in [7, 11) is 1.54. The van der Waals surface area contributed by atoms with Gasteiger partial charge in [-0.15, -0.1) is 11.3 Å². The lowest BCUT2D eigenvalue weighted by Gasteiger charge is -2.07. The molecule has 1 N–H and O–H groups in total. The average molecular weight is 317 g/mol. The van der Waals surface area contributed by atoms with Crippen molar-refractivity contribution < 1.29 is 9.53 Å². The first kappa shape index (κ1) is 14.1. The summed E-state index contributed by atoms with van der Waals surface area (Å²) in [5.74, 6) is 0.308. The van der Waals surface area contributed by atoms with E-state index in [0.717, 1.165) is 5.56 Å². The Balaban J connectivity index is 2.01. The van der Waals surface area contributed by atoms with E-state index in [1.807, 2.05) is 6.07 Å². The van der Waals surface area contributed by atoms with Gasteiger partial charge >= 0.3 is 0 Å². The highest BCUT2D eigenvalue weighted by Crippen LogP contribution is 2.25. The first-order valence-corrected chi connectivity index (χ1v) is 6.95. The van der Waals surface area contributed by atoms with Crippen LogP contribution in [0, 0.1) is 0 Å². The Morgan fingerprint density at radius 3 is 2.89 bits per heavy atom. The van der Waals surface area contributed by atoms with Gasteiger partial charge in [-0.2, -0.15) is 0 Å². The molecule has 0 radical (unpaired) electrons. The van der Waals surface area contributed by atoms with Gasteiger partial charge in [0, 0.05) is 11.9 Å². The van der Waals surface area contributed by atoms with E-state index in [1.54, 1.807) is 24.6 Å². The van der Waals surface area contributed by atoms with Crippen LogP contribution in [0.4, 0.5) is 0 Å². The van der Waals surface area contributed by atoms with E-state index < -0.39 is 0 Å². The molecule has 1 amide bonds. The lowest BCUT2D eigenvalue weighted by atomic mass is 10.2. The molecule has 1 heterocycles. The second-order valence-electron chi connectivity index (χ2n) is 3.64. The van der Waals surface area contributed by atoms with Crippen LogP contribution in [-0.4, -0.2) is 18.0 Å². The standard InChI is InChI=1S/C12H10Cl2N2O2S/c1-18-10-4-7(2-3-8(10)13)5-15-11(17)9-6-19-12(14)16-9/h2-4,6H,5H2,1H3,(H,15,17). The molecule has 0 aliphatic rings. The fourth-order valence-corrected chi connectivity index (χ4v) is 2.38. The molecule has 0 atom stereocenters. The quantitative estimate of drug-likeness (QED) is 0.940. The van der Waals surface area contributed by atoms with E-state index in [1.165, 1.54) is 11.3 Å². The zero-order valence-corrected chi connectivity index (χ0v) is 12.3. The second-order valence-corrected chi connectivity index (χ2v) is 5.48. The smallest absolute Gasteiger partial charge is 0.271 e. The predicted octanol–water partition coefficient (Wildman–Crippen LogP) is 3.39. The van der Waals surface area contributed by atoms with Gasteiger partial charge in [-0.25, -0.2) is 4.98 Å². The van der Waals surface area contributed by atoms with Crippen LogP contribution in [0.25, 0.3) is 0 Å². The third-order valence-corrected chi connectivity index (χ3v) is 3.67. The molecule has 2 aromatic rings. The number of carbonyl (C=O) groups excluding carboxylic acids is 1. The molecule has 0 aliphatic carbocycles. The van der Waals surface area contributed by atoms with E-state index in [2.05, 4.69) is 10.3 Å². The minimum atomic E-state index is -0.267. The Labute approximate surface area is 124 Å². The van der Waals surface area contributed by atoms with Crippen molar-refractivity contribution in [1.82, 2.24) is 10.3 Å². The van der Waals surface area contributed by atoms with Crippen LogP contribution in [0.5, 0.6) is 5.75 Å². The molecule has 0 saturated heterocycles. The van der Waals surface area contributed by atoms with Crippen molar-refractivity contribution in [2.45, 2.75) is 6.54 Å². The van der Waals surface area contributed by atoms with Gasteiger partial charge in [0.1, 0.15) is 11.4 Å². The van der Waals surface area contributed by atoms with Crippen molar-refractivity contribution in [1.29, 1.82) is 0 Å². The Bertz CT molecular complexity index is 601. The summed E-state index contributed by atoms with van der Waals surface area (Å²) >= 11 is 12.8. The number of nitrogens with zero attached hydrogens (tertiary/aromatic N) is 1. The normalized spacial score (nSPS) is 10.3. The summed E-state index contributed by atoms with van der Waals surface area (Å²) in [5.41, 5.74) is 1.20. The van der Waals surface area contributed by atoms with E-state index in [-0.39, 0.29) is 5.91 Å². The van der Waals surface area contributed by atoms with Crippen molar-refractivity contribution in [3.05, 3.63) is 44.3 Å². The fourth-order valence-electron chi connectivity index (χ4n) is 1.44. The SMILES string of the molecule is COc1cc(CNC(=O)c2csc(Cl)n2)ccc1Cl. The van der Waals surface area contributed by atoms with Crippen LogP contribution in [0.3, 0.4) is 0 Å². The lowest BCUT2D eigenvalue weighted by molar-refractivity contribution is 0.0946. The average Bonchev–Trinajstić information content (AvgIpc) is 2.84. The monoisotopic (exact) mass is 316 g/mol. The maximum Gasteiger partial charge on any atom is 0.271 e. The molecule has 2 rings (SSSR count). The van der Waals surface area contributed by atoms with E-state index >= 15 is 0 Å². The molecular weight excluding hydrogens is 307 g/mol. The number of methoxy groups -OCH3 is 1. The number of thiazole rings is 1. The number of rotatable bonds is 4. The fraction of sp³-hybridized carbons (Fsp3) is 0.167. The number of nitrogens with one attached hydrogen (secondary N) is 1. The lowest BCUT2D eigenvalue weighted by Crippen LogP contribution is -2.23. The maximum absolute atomic E-state index is 11.8. The molecule has 0 unspecified atom stereocenters. The largest absolute Gasteiger partial charge is 0.495 e. The number of carbonyl (C=O) groups is 1. The van der Waals surface area contributed by atoms with Crippen molar-refractivity contribution in [2.24, 2.45) is 0 Å². The summed E-state index contributed by atoms with van der Waals surface area (Å²) in [6.45, 7) is 0.363. The molecule has 100 valence electrons. The second kappa shape index (κ2) is 6.23. The molecule has 0 saturated carbocycles. The van der Waals surface area contributed by atoms with Gasteiger partial charge in [-0.05, 0) is 17.7 Å². The van der Waals surface area contributed by atoms with Crippen molar-refractivity contribution >= 4 is 40.4 Å². The number of hydrogen-bond acceptors (Lipinski definition) is 4. The summed E-state index contributed by atoms with van der Waals surface area (Å²) < 4.78 is 5.45. The number of benzene rings is 1. The highest BCUT2D eigenvalue weighted by Gasteiger charge is 2.10. The highest BCUT2D eigenvalue weighted by atomic mass is 35.5. The van der Waals surface area contributed by atoms with Gasteiger partial charge in [-0.1, -0.05) is 29.3 Å². The number of aromatic nitrogens is 1. The third kappa shape index (κ3) is 3.59. The Morgan fingerprint density at radius 1 is 1.47 bits per heavy atom. The highest BCUT2D eigenvalue weighted by molar-refractivity contribution is 7.14. The van der Waals surface area contributed by atoms with Crippen LogP contribution in [-0.2, 0) is 6.54 Å². The number of amides is 1. The van der Waals surface area contributed by atoms with Gasteiger partial charge < -0.3 is 10.1 Å². The minimum Gasteiger partial charge on any atom is -0.495 e. The van der Waals surface area contributed by atoms with Gasteiger partial charge in [0.05, 0.1) is 12.1 Å². The Kier molecular flexibility index (Phi) is 4.63. The molecule has 19 heavy (non-hydrogen) atoms. The molecule has 0 fully saturated rings. The molecule has 1 aromatic heterocycles. The molecular formula is C12H10Cl2N2O2S. The topological polar surface area (TPSA) is 51.2 Å². The van der Waals surface area contributed by atoms with Crippen LogP contribution in [0.1, 0.15) is 16.1 Å². The van der Waals surface area contributed by atoms with Crippen molar-refractivity contribution in [3.8, 4) is 5.75 Å². The number of hydrogen-bond donors (Lipinski definition) is 1. The van der Waals surface area contributed by atoms with Crippen LogP contribution in [0.2, 0.25) is 9.49 Å². The number of halogens is 2. The van der Waals surface area contributed by atoms with E-state index in [9.17, 15) is 4.79 Å². The number of ether oxygens (including phenoxy) is 1. The maximum atomic E-state index is 11.8.